The van der Waals surface area contributed by atoms with Crippen molar-refractivity contribution in [2.24, 2.45) is 0 Å². The smallest absolute Gasteiger partial charge is 0.155 e. The Balaban J connectivity index is 1.91. The fourth-order valence-electron chi connectivity index (χ4n) is 1.31. The lowest BCUT2D eigenvalue weighted by Gasteiger charge is -2.06. The minimum absolute atomic E-state index is 0.560. The molecule has 0 saturated heterocycles. The second kappa shape index (κ2) is 5.83. The molecule has 6 heteroatoms. The molecule has 0 aliphatic rings. The highest BCUT2D eigenvalue weighted by molar-refractivity contribution is 5.46. The van der Waals surface area contributed by atoms with Gasteiger partial charge >= 0.3 is 0 Å². The van der Waals surface area contributed by atoms with Gasteiger partial charge in [-0.25, -0.2) is 9.97 Å². The Kier molecular flexibility index (Phi) is 3.90. The summed E-state index contributed by atoms with van der Waals surface area (Å²) >= 11 is 0. The highest BCUT2D eigenvalue weighted by Crippen LogP contribution is 2.09. The molecule has 0 spiro atoms. The van der Waals surface area contributed by atoms with E-state index in [9.17, 15) is 0 Å². The minimum Gasteiger partial charge on any atom is -0.370 e. The monoisotopic (exact) mass is 233 g/mol. The molecule has 0 aliphatic carbocycles. The summed E-state index contributed by atoms with van der Waals surface area (Å²) in [5.41, 5.74) is 0. The van der Waals surface area contributed by atoms with Crippen LogP contribution in [-0.2, 0) is 6.54 Å². The van der Waals surface area contributed by atoms with Gasteiger partial charge in [-0.05, 0) is 6.42 Å². The van der Waals surface area contributed by atoms with Gasteiger partial charge in [-0.2, -0.15) is 0 Å². The zero-order chi connectivity index (χ0) is 11.9. The summed E-state index contributed by atoms with van der Waals surface area (Å²) in [5.74, 6) is 2.35. The zero-order valence-corrected chi connectivity index (χ0v) is 9.68. The van der Waals surface area contributed by atoms with Crippen LogP contribution in [0.15, 0.2) is 29.2 Å². The third-order valence-corrected chi connectivity index (χ3v) is 2.16. The van der Waals surface area contributed by atoms with Crippen molar-refractivity contribution in [2.75, 3.05) is 17.2 Å². The molecule has 0 amide bonds. The van der Waals surface area contributed by atoms with Crippen LogP contribution in [-0.4, -0.2) is 21.7 Å². The average Bonchev–Trinajstić information content (AvgIpc) is 2.87. The van der Waals surface area contributed by atoms with Crippen molar-refractivity contribution in [2.45, 2.75) is 19.9 Å². The summed E-state index contributed by atoms with van der Waals surface area (Å²) in [4.78, 5) is 8.25. The maximum absolute atomic E-state index is 4.98. The average molecular weight is 233 g/mol. The van der Waals surface area contributed by atoms with Crippen molar-refractivity contribution in [3.8, 4) is 0 Å². The Morgan fingerprint density at radius 1 is 1.24 bits per heavy atom. The predicted molar refractivity (Wildman–Crippen MR) is 64.6 cm³/mol. The summed E-state index contributed by atoms with van der Waals surface area (Å²) in [6.07, 6.45) is 4.21. The molecule has 2 aromatic heterocycles. The normalized spacial score (nSPS) is 10.2. The molecule has 0 unspecified atom stereocenters. The highest BCUT2D eigenvalue weighted by Gasteiger charge is 2.00. The van der Waals surface area contributed by atoms with Crippen LogP contribution in [0.4, 0.5) is 11.6 Å². The topological polar surface area (TPSA) is 75.9 Å². The molecule has 90 valence electrons. The van der Waals surface area contributed by atoms with Crippen LogP contribution in [0.5, 0.6) is 0 Å². The molecule has 0 aromatic carbocycles. The van der Waals surface area contributed by atoms with E-state index in [0.29, 0.717) is 6.54 Å². The Bertz CT molecular complexity index is 443. The summed E-state index contributed by atoms with van der Waals surface area (Å²) in [5, 5.41) is 9.97. The quantitative estimate of drug-likeness (QED) is 0.793. The standard InChI is InChI=1S/C11H15N5O/c1-2-4-12-10-6-11(15-8-14-10)13-7-9-3-5-16-17-9/h3,5-6,8H,2,4,7H2,1H3,(H2,12,13,14,15). The van der Waals surface area contributed by atoms with Crippen LogP contribution in [0.1, 0.15) is 19.1 Å². The molecule has 0 radical (unpaired) electrons. The van der Waals surface area contributed by atoms with E-state index < -0.39 is 0 Å². The molecule has 0 atom stereocenters. The predicted octanol–water partition coefficient (Wildman–Crippen LogP) is 1.90. The molecule has 2 rings (SSSR count). The van der Waals surface area contributed by atoms with Crippen LogP contribution in [0, 0.1) is 0 Å². The van der Waals surface area contributed by atoms with Crippen molar-refractivity contribution in [3.05, 3.63) is 30.4 Å². The molecule has 2 N–H and O–H groups in total. The Labute approximate surface area is 99.5 Å². The Morgan fingerprint density at radius 3 is 2.76 bits per heavy atom. The van der Waals surface area contributed by atoms with Gasteiger partial charge in [0.1, 0.15) is 18.0 Å². The fourth-order valence-corrected chi connectivity index (χ4v) is 1.31. The summed E-state index contributed by atoms with van der Waals surface area (Å²) in [6.45, 7) is 3.57. The van der Waals surface area contributed by atoms with Crippen molar-refractivity contribution in [3.63, 3.8) is 0 Å². The van der Waals surface area contributed by atoms with Gasteiger partial charge in [-0.1, -0.05) is 12.1 Å². The van der Waals surface area contributed by atoms with Gasteiger partial charge in [0.2, 0.25) is 0 Å². The number of aromatic nitrogens is 3. The number of nitrogens with zero attached hydrogens (tertiary/aromatic N) is 3. The number of nitrogens with one attached hydrogen (secondary N) is 2. The van der Waals surface area contributed by atoms with E-state index in [2.05, 4.69) is 32.7 Å². The minimum atomic E-state index is 0.560. The van der Waals surface area contributed by atoms with Gasteiger partial charge in [0.05, 0.1) is 12.7 Å². The van der Waals surface area contributed by atoms with Crippen molar-refractivity contribution in [1.82, 2.24) is 15.1 Å². The molecule has 2 aromatic rings. The van der Waals surface area contributed by atoms with Gasteiger partial charge in [0.15, 0.2) is 5.76 Å². The maximum atomic E-state index is 4.98. The van der Waals surface area contributed by atoms with E-state index in [1.54, 1.807) is 6.20 Å². The van der Waals surface area contributed by atoms with Crippen LogP contribution in [0.2, 0.25) is 0 Å². The van der Waals surface area contributed by atoms with Crippen LogP contribution < -0.4 is 10.6 Å². The van der Waals surface area contributed by atoms with Crippen LogP contribution >= 0.6 is 0 Å². The Morgan fingerprint density at radius 2 is 2.06 bits per heavy atom. The SMILES string of the molecule is CCCNc1cc(NCc2ccno2)ncn1. The lowest BCUT2D eigenvalue weighted by molar-refractivity contribution is 0.388. The first kappa shape index (κ1) is 11.4. The lowest BCUT2D eigenvalue weighted by Crippen LogP contribution is -2.05. The molecular weight excluding hydrogens is 218 g/mol. The number of hydrogen-bond donors (Lipinski definition) is 2. The molecule has 0 bridgehead atoms. The number of anilines is 2. The van der Waals surface area contributed by atoms with E-state index in [1.807, 2.05) is 12.1 Å². The van der Waals surface area contributed by atoms with Crippen LogP contribution in [0.3, 0.4) is 0 Å². The molecule has 0 aliphatic heterocycles. The van der Waals surface area contributed by atoms with Gasteiger partial charge in [-0.3, -0.25) is 0 Å². The molecule has 6 nitrogen and oxygen atoms in total. The first-order valence-corrected chi connectivity index (χ1v) is 5.58. The third-order valence-electron chi connectivity index (χ3n) is 2.16. The van der Waals surface area contributed by atoms with E-state index >= 15 is 0 Å². The maximum Gasteiger partial charge on any atom is 0.155 e. The van der Waals surface area contributed by atoms with Crippen molar-refractivity contribution < 1.29 is 4.52 Å². The second-order valence-corrected chi connectivity index (χ2v) is 3.55. The van der Waals surface area contributed by atoms with E-state index in [1.165, 1.54) is 6.33 Å². The van der Waals surface area contributed by atoms with E-state index in [4.69, 9.17) is 4.52 Å². The first-order chi connectivity index (χ1) is 8.38. The molecule has 0 saturated carbocycles. The molecule has 2 heterocycles. The van der Waals surface area contributed by atoms with Gasteiger partial charge in [0.25, 0.3) is 0 Å². The largest absolute Gasteiger partial charge is 0.370 e. The van der Waals surface area contributed by atoms with Crippen molar-refractivity contribution >= 4 is 11.6 Å². The molecular formula is C11H15N5O. The lowest BCUT2D eigenvalue weighted by atomic mass is 10.4. The van der Waals surface area contributed by atoms with Crippen molar-refractivity contribution in [1.29, 1.82) is 0 Å². The van der Waals surface area contributed by atoms with Gasteiger partial charge < -0.3 is 15.2 Å². The molecule has 17 heavy (non-hydrogen) atoms. The number of rotatable bonds is 6. The van der Waals surface area contributed by atoms with E-state index in [0.717, 1.165) is 30.4 Å². The number of hydrogen-bond acceptors (Lipinski definition) is 6. The van der Waals surface area contributed by atoms with E-state index in [-0.39, 0.29) is 0 Å². The molecule has 0 fully saturated rings. The summed E-state index contributed by atoms with van der Waals surface area (Å²) < 4.78 is 4.98. The Hall–Kier alpha value is -2.11. The highest BCUT2D eigenvalue weighted by atomic mass is 16.5. The summed E-state index contributed by atoms with van der Waals surface area (Å²) in [7, 11) is 0. The zero-order valence-electron chi connectivity index (χ0n) is 9.68. The van der Waals surface area contributed by atoms with Gasteiger partial charge in [0, 0.05) is 18.7 Å². The third kappa shape index (κ3) is 3.44. The second-order valence-electron chi connectivity index (χ2n) is 3.55. The first-order valence-electron chi connectivity index (χ1n) is 5.58. The summed E-state index contributed by atoms with van der Waals surface area (Å²) in [6, 6.07) is 3.68. The fraction of sp³-hybridized carbons (Fsp3) is 0.364. The van der Waals surface area contributed by atoms with Crippen LogP contribution in [0.25, 0.3) is 0 Å². The van der Waals surface area contributed by atoms with Gasteiger partial charge in [-0.15, -0.1) is 0 Å².